The maximum atomic E-state index is 5.31. The van der Waals surface area contributed by atoms with Crippen LogP contribution in [-0.4, -0.2) is 50.5 Å². The summed E-state index contributed by atoms with van der Waals surface area (Å²) in [4.78, 5) is 2.51. The molecule has 0 aromatic heterocycles. The molecule has 2 heterocycles. The van der Waals surface area contributed by atoms with Crippen LogP contribution in [0.1, 0.15) is 26.7 Å². The summed E-state index contributed by atoms with van der Waals surface area (Å²) in [5.74, 6) is 0. The molecule has 2 aliphatic heterocycles. The average molecular weight is 201 g/mol. The highest BCUT2D eigenvalue weighted by Crippen LogP contribution is 2.21. The van der Waals surface area contributed by atoms with Crippen LogP contribution in [0.25, 0.3) is 0 Å². The van der Waals surface area contributed by atoms with Gasteiger partial charge in [-0.25, -0.2) is 0 Å². The first-order valence-corrected chi connectivity index (χ1v) is 5.74. The maximum Gasteiger partial charge on any atom is 0.0825 e. The van der Waals surface area contributed by atoms with Crippen molar-refractivity contribution >= 4 is 0 Å². The SMILES string of the molecule is CC.COC1CN(C2CCOCC2)C1. The third-order valence-corrected chi connectivity index (χ3v) is 2.92. The minimum atomic E-state index is 0.493. The third-order valence-electron chi connectivity index (χ3n) is 2.92. The molecule has 0 N–H and O–H groups in total. The van der Waals surface area contributed by atoms with Gasteiger partial charge in [0.2, 0.25) is 0 Å². The molecule has 0 unspecified atom stereocenters. The van der Waals surface area contributed by atoms with Crippen molar-refractivity contribution in [1.82, 2.24) is 4.90 Å². The zero-order valence-electron chi connectivity index (χ0n) is 9.66. The number of hydrogen-bond donors (Lipinski definition) is 0. The summed E-state index contributed by atoms with van der Waals surface area (Å²) >= 11 is 0. The van der Waals surface area contributed by atoms with Gasteiger partial charge in [-0.15, -0.1) is 0 Å². The van der Waals surface area contributed by atoms with E-state index >= 15 is 0 Å². The molecule has 14 heavy (non-hydrogen) atoms. The zero-order chi connectivity index (χ0) is 10.4. The number of ether oxygens (including phenoxy) is 2. The number of rotatable bonds is 2. The van der Waals surface area contributed by atoms with Crippen molar-refractivity contribution in [3.05, 3.63) is 0 Å². The van der Waals surface area contributed by atoms with Crippen molar-refractivity contribution in [3.63, 3.8) is 0 Å². The van der Waals surface area contributed by atoms with Gasteiger partial charge in [0, 0.05) is 39.5 Å². The lowest BCUT2D eigenvalue weighted by atomic mass is 10.0. The minimum absolute atomic E-state index is 0.493. The summed E-state index contributed by atoms with van der Waals surface area (Å²) in [7, 11) is 1.80. The highest BCUT2D eigenvalue weighted by atomic mass is 16.5. The van der Waals surface area contributed by atoms with Gasteiger partial charge in [-0.1, -0.05) is 13.8 Å². The van der Waals surface area contributed by atoms with E-state index in [4.69, 9.17) is 9.47 Å². The zero-order valence-corrected chi connectivity index (χ0v) is 9.66. The van der Waals surface area contributed by atoms with E-state index in [1.807, 2.05) is 13.8 Å². The van der Waals surface area contributed by atoms with Crippen LogP contribution in [0.4, 0.5) is 0 Å². The summed E-state index contributed by atoms with van der Waals surface area (Å²) in [5, 5.41) is 0. The molecule has 0 atom stereocenters. The molecule has 2 fully saturated rings. The molecule has 2 saturated heterocycles. The highest BCUT2D eigenvalue weighted by Gasteiger charge is 2.32. The van der Waals surface area contributed by atoms with Crippen LogP contribution in [0.5, 0.6) is 0 Å². The van der Waals surface area contributed by atoms with Gasteiger partial charge in [0.15, 0.2) is 0 Å². The molecule has 0 spiro atoms. The van der Waals surface area contributed by atoms with Crippen molar-refractivity contribution in [2.24, 2.45) is 0 Å². The predicted molar refractivity (Wildman–Crippen MR) is 57.6 cm³/mol. The summed E-state index contributed by atoms with van der Waals surface area (Å²) in [6, 6.07) is 0.769. The highest BCUT2D eigenvalue weighted by molar-refractivity contribution is 4.86. The summed E-state index contributed by atoms with van der Waals surface area (Å²) in [5.41, 5.74) is 0. The Kier molecular flexibility index (Phi) is 5.45. The molecule has 0 amide bonds. The van der Waals surface area contributed by atoms with E-state index in [2.05, 4.69) is 4.90 Å². The van der Waals surface area contributed by atoms with Crippen LogP contribution in [0.15, 0.2) is 0 Å². The molecule has 2 aliphatic rings. The monoisotopic (exact) mass is 201 g/mol. The Hall–Kier alpha value is -0.120. The van der Waals surface area contributed by atoms with Crippen molar-refractivity contribution in [2.45, 2.75) is 38.8 Å². The number of hydrogen-bond acceptors (Lipinski definition) is 3. The van der Waals surface area contributed by atoms with Crippen LogP contribution in [0.2, 0.25) is 0 Å². The minimum Gasteiger partial charge on any atom is -0.381 e. The molecule has 0 aliphatic carbocycles. The molecule has 0 aromatic rings. The normalized spacial score (nSPS) is 25.1. The molecule has 0 radical (unpaired) electrons. The summed E-state index contributed by atoms with van der Waals surface area (Å²) in [6.07, 6.45) is 2.90. The Morgan fingerprint density at radius 3 is 2.21 bits per heavy atom. The van der Waals surface area contributed by atoms with Crippen LogP contribution < -0.4 is 0 Å². The van der Waals surface area contributed by atoms with E-state index in [0.717, 1.165) is 32.3 Å². The van der Waals surface area contributed by atoms with Crippen LogP contribution in [0.3, 0.4) is 0 Å². The van der Waals surface area contributed by atoms with Gasteiger partial charge in [-0.2, -0.15) is 0 Å². The Morgan fingerprint density at radius 1 is 1.14 bits per heavy atom. The molecule has 3 nitrogen and oxygen atoms in total. The second-order valence-electron chi connectivity index (χ2n) is 3.66. The molecule has 0 aromatic carbocycles. The van der Waals surface area contributed by atoms with Gasteiger partial charge in [-0.05, 0) is 12.8 Å². The van der Waals surface area contributed by atoms with Crippen molar-refractivity contribution < 1.29 is 9.47 Å². The second-order valence-corrected chi connectivity index (χ2v) is 3.66. The fourth-order valence-corrected chi connectivity index (χ4v) is 1.97. The third kappa shape index (κ3) is 2.94. The van der Waals surface area contributed by atoms with E-state index in [9.17, 15) is 0 Å². The Labute approximate surface area is 87.4 Å². The van der Waals surface area contributed by atoms with Crippen LogP contribution in [0, 0.1) is 0 Å². The number of methoxy groups -OCH3 is 1. The predicted octanol–water partition coefficient (Wildman–Crippen LogP) is 1.52. The van der Waals surface area contributed by atoms with E-state index in [1.165, 1.54) is 12.8 Å². The molecule has 0 saturated carbocycles. The average Bonchev–Trinajstić information content (AvgIpc) is 2.21. The van der Waals surface area contributed by atoms with Gasteiger partial charge >= 0.3 is 0 Å². The molecule has 84 valence electrons. The van der Waals surface area contributed by atoms with Crippen molar-refractivity contribution in [2.75, 3.05) is 33.4 Å². The lowest BCUT2D eigenvalue weighted by Crippen LogP contribution is -2.57. The van der Waals surface area contributed by atoms with Gasteiger partial charge in [0.1, 0.15) is 0 Å². The van der Waals surface area contributed by atoms with Crippen molar-refractivity contribution in [3.8, 4) is 0 Å². The smallest absolute Gasteiger partial charge is 0.0825 e. The first-order valence-electron chi connectivity index (χ1n) is 5.74. The number of likely N-dealkylation sites (tertiary alicyclic amines) is 1. The second kappa shape index (κ2) is 6.38. The van der Waals surface area contributed by atoms with E-state index in [0.29, 0.717) is 6.10 Å². The van der Waals surface area contributed by atoms with Crippen LogP contribution in [-0.2, 0) is 9.47 Å². The van der Waals surface area contributed by atoms with Gasteiger partial charge < -0.3 is 9.47 Å². The Bertz CT molecular complexity index is 140. The maximum absolute atomic E-state index is 5.31. The van der Waals surface area contributed by atoms with Gasteiger partial charge in [0.05, 0.1) is 6.10 Å². The van der Waals surface area contributed by atoms with Gasteiger partial charge in [-0.3, -0.25) is 4.90 Å². The van der Waals surface area contributed by atoms with Crippen LogP contribution >= 0.6 is 0 Å². The molecule has 2 rings (SSSR count). The Balaban J connectivity index is 0.000000461. The number of nitrogens with zero attached hydrogens (tertiary/aromatic N) is 1. The summed E-state index contributed by atoms with van der Waals surface area (Å²) in [6.45, 7) is 8.14. The summed E-state index contributed by atoms with van der Waals surface area (Å²) < 4.78 is 10.5. The van der Waals surface area contributed by atoms with E-state index in [-0.39, 0.29) is 0 Å². The first-order chi connectivity index (χ1) is 6.90. The van der Waals surface area contributed by atoms with Gasteiger partial charge in [0.25, 0.3) is 0 Å². The molecular weight excluding hydrogens is 178 g/mol. The lowest BCUT2D eigenvalue weighted by Gasteiger charge is -2.44. The first kappa shape index (κ1) is 12.0. The fourth-order valence-electron chi connectivity index (χ4n) is 1.97. The standard InChI is InChI=1S/C9H17NO2.C2H6/c1-11-9-6-10(7-9)8-2-4-12-5-3-8;1-2/h8-9H,2-7H2,1H3;1-2H3. The fraction of sp³-hybridized carbons (Fsp3) is 1.00. The topological polar surface area (TPSA) is 21.7 Å². The molecular formula is C11H23NO2. The molecule has 3 heteroatoms. The quantitative estimate of drug-likeness (QED) is 0.676. The Morgan fingerprint density at radius 2 is 1.71 bits per heavy atom. The van der Waals surface area contributed by atoms with E-state index in [1.54, 1.807) is 7.11 Å². The molecule has 0 bridgehead atoms. The van der Waals surface area contributed by atoms with E-state index < -0.39 is 0 Å². The lowest BCUT2D eigenvalue weighted by molar-refractivity contribution is -0.0732. The largest absolute Gasteiger partial charge is 0.381 e. The van der Waals surface area contributed by atoms with Crippen molar-refractivity contribution in [1.29, 1.82) is 0 Å².